The summed E-state index contributed by atoms with van der Waals surface area (Å²) in [7, 11) is 10.5. The summed E-state index contributed by atoms with van der Waals surface area (Å²) in [4.78, 5) is 2.26. The summed E-state index contributed by atoms with van der Waals surface area (Å²) >= 11 is 0. The maximum atomic E-state index is 5.29. The maximum absolute atomic E-state index is 5.29. The highest BCUT2D eigenvalue weighted by Gasteiger charge is 2.29. The minimum Gasteiger partial charge on any atom is -0.497 e. The van der Waals surface area contributed by atoms with Crippen molar-refractivity contribution in [2.45, 2.75) is 18.3 Å². The molecule has 0 saturated carbocycles. The molecule has 3 nitrogen and oxygen atoms in total. The van der Waals surface area contributed by atoms with Crippen LogP contribution in [-0.2, 0) is 5.34 Å². The molecule has 0 fully saturated rings. The number of aromatic nitrogens is 1. The molecule has 0 aliphatic rings. The van der Waals surface area contributed by atoms with Crippen molar-refractivity contribution in [2.75, 3.05) is 21.2 Å². The maximum Gasteiger partial charge on any atom is 0.126 e. The Morgan fingerprint density at radius 2 is 1.95 bits per heavy atom. The summed E-state index contributed by atoms with van der Waals surface area (Å²) in [6.45, 7) is 2.26. The Morgan fingerprint density at radius 1 is 1.26 bits per heavy atom. The van der Waals surface area contributed by atoms with Gasteiger partial charge < -0.3 is 14.2 Å². The molecule has 2 aromatic rings. The molecular weight excluding hydrogens is 234 g/mol. The summed E-state index contributed by atoms with van der Waals surface area (Å²) < 4.78 is 7.64. The molecule has 0 spiro atoms. The van der Waals surface area contributed by atoms with E-state index in [4.69, 9.17) is 4.74 Å². The molecule has 0 amide bonds. The molecule has 0 bridgehead atoms. The van der Waals surface area contributed by atoms with Gasteiger partial charge in [-0.3, -0.25) is 0 Å². The van der Waals surface area contributed by atoms with Crippen molar-refractivity contribution >= 4 is 26.6 Å². The summed E-state index contributed by atoms with van der Waals surface area (Å²) in [5.41, 5.74) is 1.25. The number of hydrogen-bond acceptors (Lipinski definition) is 2. The quantitative estimate of drug-likeness (QED) is 0.740. The lowest BCUT2D eigenvalue weighted by molar-refractivity contribution is 0.254. The van der Waals surface area contributed by atoms with E-state index in [-0.39, 0.29) is 5.34 Å². The zero-order valence-electron chi connectivity index (χ0n) is 12.8. The van der Waals surface area contributed by atoms with Crippen LogP contribution in [0.2, 0.25) is 0 Å². The van der Waals surface area contributed by atoms with E-state index in [2.05, 4.69) is 70.6 Å². The minimum atomic E-state index is 0.0276. The van der Waals surface area contributed by atoms with Gasteiger partial charge in [0.1, 0.15) is 21.4 Å². The molecule has 0 unspecified atom stereocenters. The van der Waals surface area contributed by atoms with Crippen molar-refractivity contribution in [1.29, 1.82) is 0 Å². The van der Waals surface area contributed by atoms with Crippen LogP contribution < -0.4 is 4.74 Å². The predicted molar refractivity (Wildman–Crippen MR) is 86.7 cm³/mol. The van der Waals surface area contributed by atoms with Crippen LogP contribution in [0.15, 0.2) is 30.5 Å². The molecule has 0 aliphatic heterocycles. The van der Waals surface area contributed by atoms with Crippen LogP contribution >= 0.6 is 0 Å². The highest BCUT2D eigenvalue weighted by molar-refractivity contribution is 6.38. The van der Waals surface area contributed by atoms with Gasteiger partial charge in [0.2, 0.25) is 0 Å². The van der Waals surface area contributed by atoms with Gasteiger partial charge >= 0.3 is 0 Å². The molecule has 19 heavy (non-hydrogen) atoms. The number of rotatable bonds is 4. The third kappa shape index (κ3) is 2.39. The molecule has 0 aliphatic carbocycles. The largest absolute Gasteiger partial charge is 0.497 e. The van der Waals surface area contributed by atoms with E-state index in [9.17, 15) is 0 Å². The lowest BCUT2D eigenvalue weighted by Crippen LogP contribution is -2.51. The standard InChI is InChI=1S/C14H22B2N2O/c1-10(17(2)3)14(15,16)18-8-7-11-9-12(19-4)5-6-13(11)18/h5-10H,15-16H2,1-4H3/t10-/m1/s1. The van der Waals surface area contributed by atoms with Crippen LogP contribution in [-0.4, -0.2) is 52.4 Å². The molecule has 0 N–H and O–H groups in total. The third-order valence-corrected chi connectivity index (χ3v) is 4.32. The van der Waals surface area contributed by atoms with Crippen molar-refractivity contribution in [3.05, 3.63) is 30.5 Å². The fourth-order valence-corrected chi connectivity index (χ4v) is 2.58. The number of nitrogens with zero attached hydrogens (tertiary/aromatic N) is 2. The van der Waals surface area contributed by atoms with Gasteiger partial charge in [0.05, 0.1) is 7.11 Å². The normalized spacial score (nSPS) is 13.9. The minimum absolute atomic E-state index is 0.0276. The SMILES string of the molecule is BC(B)([C@@H](C)N(C)C)n1ccc2cc(OC)ccc21. The predicted octanol–water partition coefficient (Wildman–Crippen LogP) is 0.476. The Hall–Kier alpha value is -1.35. The number of hydrogen-bond donors (Lipinski definition) is 0. The molecule has 1 aromatic carbocycles. The Balaban J connectivity index is 2.51. The Labute approximate surface area is 117 Å². The summed E-state index contributed by atoms with van der Waals surface area (Å²) in [6, 6.07) is 8.84. The fourth-order valence-electron chi connectivity index (χ4n) is 2.58. The van der Waals surface area contributed by atoms with Crippen molar-refractivity contribution in [3.8, 4) is 5.75 Å². The van der Waals surface area contributed by atoms with E-state index in [1.807, 2.05) is 6.07 Å². The molecule has 100 valence electrons. The van der Waals surface area contributed by atoms with E-state index in [0.29, 0.717) is 6.04 Å². The Morgan fingerprint density at radius 3 is 2.53 bits per heavy atom. The van der Waals surface area contributed by atoms with Crippen LogP contribution in [0.1, 0.15) is 6.92 Å². The van der Waals surface area contributed by atoms with Crippen molar-refractivity contribution in [2.24, 2.45) is 0 Å². The average molecular weight is 256 g/mol. The lowest BCUT2D eigenvalue weighted by atomic mass is 9.57. The number of ether oxygens (including phenoxy) is 1. The molecule has 1 aromatic heterocycles. The van der Waals surface area contributed by atoms with Crippen molar-refractivity contribution in [3.63, 3.8) is 0 Å². The fraction of sp³-hybridized carbons (Fsp3) is 0.429. The summed E-state index contributed by atoms with van der Waals surface area (Å²) in [6.07, 6.45) is 2.17. The zero-order valence-corrected chi connectivity index (χ0v) is 12.8. The molecule has 0 radical (unpaired) electrons. The second-order valence-corrected chi connectivity index (χ2v) is 5.90. The van der Waals surface area contributed by atoms with E-state index in [1.54, 1.807) is 7.11 Å². The first-order valence-corrected chi connectivity index (χ1v) is 6.70. The molecule has 0 saturated heterocycles. The topological polar surface area (TPSA) is 17.4 Å². The Bertz CT molecular complexity index is 578. The number of methoxy groups -OCH3 is 1. The summed E-state index contributed by atoms with van der Waals surface area (Å²) in [5, 5.41) is 1.25. The van der Waals surface area contributed by atoms with E-state index in [0.717, 1.165) is 5.75 Å². The molecule has 1 heterocycles. The van der Waals surface area contributed by atoms with Gasteiger partial charge in [-0.05, 0) is 50.6 Å². The number of benzene rings is 1. The highest BCUT2D eigenvalue weighted by atomic mass is 16.5. The number of likely N-dealkylation sites (N-methyl/N-ethyl adjacent to an activating group) is 1. The van der Waals surface area contributed by atoms with Crippen molar-refractivity contribution in [1.82, 2.24) is 9.47 Å². The van der Waals surface area contributed by atoms with Crippen LogP contribution in [0.4, 0.5) is 0 Å². The van der Waals surface area contributed by atoms with Gasteiger partial charge in [-0.2, -0.15) is 0 Å². The zero-order chi connectivity index (χ0) is 14.2. The summed E-state index contributed by atoms with van der Waals surface area (Å²) in [5.74, 6) is 0.906. The first-order valence-electron chi connectivity index (χ1n) is 6.70. The molecular formula is C14H22B2N2O. The number of fused-ring (bicyclic) bond motifs is 1. The van der Waals surface area contributed by atoms with Gasteiger partial charge in [0, 0.05) is 23.1 Å². The first kappa shape index (κ1) is 14.1. The van der Waals surface area contributed by atoms with Crippen molar-refractivity contribution < 1.29 is 4.74 Å². The second-order valence-electron chi connectivity index (χ2n) is 5.90. The van der Waals surface area contributed by atoms with Gasteiger partial charge in [-0.1, -0.05) is 0 Å². The van der Waals surface area contributed by atoms with Gasteiger partial charge in [0.15, 0.2) is 0 Å². The average Bonchev–Trinajstić information content (AvgIpc) is 2.80. The van der Waals surface area contributed by atoms with Crippen LogP contribution in [0.3, 0.4) is 0 Å². The highest BCUT2D eigenvalue weighted by Crippen LogP contribution is 2.27. The van der Waals surface area contributed by atoms with E-state index in [1.165, 1.54) is 10.9 Å². The van der Waals surface area contributed by atoms with Gasteiger partial charge in [0.25, 0.3) is 0 Å². The smallest absolute Gasteiger partial charge is 0.126 e. The molecule has 1 atom stereocenters. The van der Waals surface area contributed by atoms with E-state index >= 15 is 0 Å². The van der Waals surface area contributed by atoms with Gasteiger partial charge in [-0.15, -0.1) is 0 Å². The molecule has 5 heteroatoms. The van der Waals surface area contributed by atoms with Crippen LogP contribution in [0.25, 0.3) is 10.9 Å². The second kappa shape index (κ2) is 4.97. The van der Waals surface area contributed by atoms with Crippen LogP contribution in [0.5, 0.6) is 5.75 Å². The Kier molecular flexibility index (Phi) is 3.68. The molecule has 2 rings (SSSR count). The van der Waals surface area contributed by atoms with Gasteiger partial charge in [-0.25, -0.2) is 0 Å². The third-order valence-electron chi connectivity index (χ3n) is 4.32. The van der Waals surface area contributed by atoms with Crippen LogP contribution in [0, 0.1) is 0 Å². The monoisotopic (exact) mass is 256 g/mol. The first-order chi connectivity index (χ1) is 8.87. The van der Waals surface area contributed by atoms with E-state index < -0.39 is 0 Å². The lowest BCUT2D eigenvalue weighted by Gasteiger charge is -2.39.